The van der Waals surface area contributed by atoms with Crippen molar-refractivity contribution in [2.45, 2.75) is 52.5 Å². The summed E-state index contributed by atoms with van der Waals surface area (Å²) in [6, 6.07) is 12.9. The fourth-order valence-electron chi connectivity index (χ4n) is 3.94. The van der Waals surface area contributed by atoms with Crippen LogP contribution in [0.2, 0.25) is 0 Å². The smallest absolute Gasteiger partial charge is 0.338 e. The highest BCUT2D eigenvalue weighted by Crippen LogP contribution is 2.35. The summed E-state index contributed by atoms with van der Waals surface area (Å²) in [5.41, 5.74) is 3.60. The minimum Gasteiger partial charge on any atom is -0.473 e. The zero-order chi connectivity index (χ0) is 22.5. The van der Waals surface area contributed by atoms with Gasteiger partial charge in [0, 0.05) is 17.1 Å². The molecule has 0 saturated heterocycles. The topological polar surface area (TPSA) is 69.0 Å². The first-order chi connectivity index (χ1) is 15.6. The van der Waals surface area contributed by atoms with Gasteiger partial charge in [0.25, 0.3) is 0 Å². The monoisotopic (exact) mass is 435 g/mol. The van der Waals surface area contributed by atoms with Crippen LogP contribution in [0.15, 0.2) is 51.7 Å². The van der Waals surface area contributed by atoms with Gasteiger partial charge < -0.3 is 18.8 Å². The molecule has 0 spiro atoms. The van der Waals surface area contributed by atoms with E-state index in [0.717, 1.165) is 60.1 Å². The van der Waals surface area contributed by atoms with E-state index in [-0.39, 0.29) is 11.6 Å². The van der Waals surface area contributed by atoms with Gasteiger partial charge in [-0.25, -0.2) is 9.59 Å². The molecule has 1 aromatic heterocycles. The molecule has 0 aliphatic carbocycles. The van der Waals surface area contributed by atoms with Crippen molar-refractivity contribution in [2.24, 2.45) is 0 Å². The Bertz CT molecular complexity index is 1150. The van der Waals surface area contributed by atoms with Crippen LogP contribution in [-0.2, 0) is 17.7 Å². The van der Waals surface area contributed by atoms with Crippen LogP contribution < -0.4 is 15.3 Å². The average molecular weight is 436 g/mol. The second-order valence-corrected chi connectivity index (χ2v) is 8.12. The summed E-state index contributed by atoms with van der Waals surface area (Å²) in [5, 5.41) is 0.965. The summed E-state index contributed by atoms with van der Waals surface area (Å²) in [7, 11) is 0. The van der Waals surface area contributed by atoms with Crippen molar-refractivity contribution in [2.75, 3.05) is 18.2 Å². The molecule has 0 radical (unpaired) electrons. The maximum Gasteiger partial charge on any atom is 0.338 e. The van der Waals surface area contributed by atoms with Crippen LogP contribution in [0.1, 0.15) is 61.0 Å². The number of aryl methyl sites for hydroxylation is 1. The molecule has 32 heavy (non-hydrogen) atoms. The fourth-order valence-corrected chi connectivity index (χ4v) is 3.94. The summed E-state index contributed by atoms with van der Waals surface area (Å²) < 4.78 is 16.9. The van der Waals surface area contributed by atoms with Gasteiger partial charge in [-0.15, -0.1) is 0 Å². The largest absolute Gasteiger partial charge is 0.473 e. The molecule has 6 heteroatoms. The number of carbonyl (C=O) groups is 1. The lowest BCUT2D eigenvalue weighted by Crippen LogP contribution is -2.32. The van der Waals surface area contributed by atoms with E-state index in [1.807, 2.05) is 29.2 Å². The minimum absolute atomic E-state index is 0.308. The number of ether oxygens (including phenoxy) is 2. The quantitative estimate of drug-likeness (QED) is 0.266. The molecular weight excluding hydrogens is 406 g/mol. The van der Waals surface area contributed by atoms with E-state index >= 15 is 0 Å². The van der Waals surface area contributed by atoms with Crippen molar-refractivity contribution in [3.05, 3.63) is 69.6 Å². The highest BCUT2D eigenvalue weighted by atomic mass is 16.5. The van der Waals surface area contributed by atoms with Gasteiger partial charge in [-0.2, -0.15) is 0 Å². The van der Waals surface area contributed by atoms with Crippen molar-refractivity contribution in [3.63, 3.8) is 0 Å². The van der Waals surface area contributed by atoms with Crippen LogP contribution in [0.4, 0.5) is 5.69 Å². The van der Waals surface area contributed by atoms with E-state index in [9.17, 15) is 9.59 Å². The van der Waals surface area contributed by atoms with E-state index in [2.05, 4.69) is 13.8 Å². The summed E-state index contributed by atoms with van der Waals surface area (Å²) in [5.74, 6) is 0.429. The number of nitrogens with zero attached hydrogens (tertiary/aromatic N) is 1. The molecule has 1 aliphatic heterocycles. The molecule has 6 nitrogen and oxygen atoms in total. The summed E-state index contributed by atoms with van der Waals surface area (Å²) >= 11 is 0. The molecule has 0 saturated carbocycles. The predicted octanol–water partition coefficient (Wildman–Crippen LogP) is 5.45. The molecular formula is C26H29NO5. The number of fused-ring (bicyclic) bond motifs is 3. The van der Waals surface area contributed by atoms with Crippen molar-refractivity contribution >= 4 is 22.6 Å². The number of anilines is 1. The normalized spacial score (nSPS) is 13.0. The highest BCUT2D eigenvalue weighted by molar-refractivity contribution is 5.90. The lowest BCUT2D eigenvalue weighted by Gasteiger charge is -2.31. The Labute approximate surface area is 187 Å². The third-order valence-electron chi connectivity index (χ3n) is 5.78. The summed E-state index contributed by atoms with van der Waals surface area (Å²) in [6.07, 6.45) is 4.77. The molecule has 0 N–H and O–H groups in total. The average Bonchev–Trinajstić information content (AvgIpc) is 2.82. The third kappa shape index (κ3) is 4.64. The Kier molecular flexibility index (Phi) is 6.78. The van der Waals surface area contributed by atoms with E-state index < -0.39 is 0 Å². The van der Waals surface area contributed by atoms with Gasteiger partial charge in [0.15, 0.2) is 6.73 Å². The molecule has 2 heterocycles. The minimum atomic E-state index is -0.333. The lowest BCUT2D eigenvalue weighted by atomic mass is 10.0. The van der Waals surface area contributed by atoms with Gasteiger partial charge >= 0.3 is 11.6 Å². The molecule has 4 rings (SSSR count). The van der Waals surface area contributed by atoms with Crippen molar-refractivity contribution in [3.8, 4) is 5.75 Å². The number of rotatable bonds is 8. The fraction of sp³-hybridized carbons (Fsp3) is 0.385. The Morgan fingerprint density at radius 1 is 1.06 bits per heavy atom. The number of carbonyl (C=O) groups excluding carboxylic acids is 1. The maximum absolute atomic E-state index is 12.2. The number of benzene rings is 2. The van der Waals surface area contributed by atoms with Gasteiger partial charge in [0.1, 0.15) is 11.3 Å². The standard InChI is InChI=1S/C26H29NO5/c1-3-5-7-19-15-24(28)32-25-21(19)12-13-23-22(25)16-27(17-31-23)20-10-8-18(9-11-20)26(29)30-14-6-4-2/h8-13,15H,3-7,14,16-17H2,1-2H3. The number of esters is 1. The third-order valence-corrected chi connectivity index (χ3v) is 5.78. The van der Waals surface area contributed by atoms with Gasteiger partial charge in [-0.1, -0.05) is 26.7 Å². The molecule has 0 bridgehead atoms. The second-order valence-electron chi connectivity index (χ2n) is 8.12. The zero-order valence-electron chi connectivity index (χ0n) is 18.7. The summed E-state index contributed by atoms with van der Waals surface area (Å²) in [6.45, 7) is 5.55. The van der Waals surface area contributed by atoms with E-state index in [1.165, 1.54) is 0 Å². The van der Waals surface area contributed by atoms with Crippen LogP contribution in [-0.4, -0.2) is 19.3 Å². The first-order valence-corrected chi connectivity index (χ1v) is 11.3. The SMILES string of the molecule is CCCCOC(=O)c1ccc(N2COc3ccc4c(CCCC)cc(=O)oc4c3C2)cc1. The van der Waals surface area contributed by atoms with E-state index in [1.54, 1.807) is 18.2 Å². The number of unbranched alkanes of at least 4 members (excludes halogenated alkanes) is 2. The van der Waals surface area contributed by atoms with Crippen molar-refractivity contribution < 1.29 is 18.7 Å². The molecule has 0 amide bonds. The number of hydrogen-bond acceptors (Lipinski definition) is 6. The van der Waals surface area contributed by atoms with E-state index in [0.29, 0.717) is 31.0 Å². The molecule has 0 atom stereocenters. The molecule has 168 valence electrons. The van der Waals surface area contributed by atoms with Crippen LogP contribution >= 0.6 is 0 Å². The summed E-state index contributed by atoms with van der Waals surface area (Å²) in [4.78, 5) is 26.4. The Hall–Kier alpha value is -3.28. The first kappa shape index (κ1) is 21.9. The lowest BCUT2D eigenvalue weighted by molar-refractivity contribution is 0.0500. The second kappa shape index (κ2) is 9.90. The van der Waals surface area contributed by atoms with Crippen LogP contribution in [0.5, 0.6) is 5.75 Å². The first-order valence-electron chi connectivity index (χ1n) is 11.3. The molecule has 0 fully saturated rings. The van der Waals surface area contributed by atoms with Crippen LogP contribution in [0, 0.1) is 0 Å². The van der Waals surface area contributed by atoms with Gasteiger partial charge in [0.05, 0.1) is 24.3 Å². The molecule has 2 aromatic carbocycles. The zero-order valence-corrected chi connectivity index (χ0v) is 18.7. The van der Waals surface area contributed by atoms with Crippen molar-refractivity contribution in [1.82, 2.24) is 0 Å². The number of hydrogen-bond donors (Lipinski definition) is 0. The Morgan fingerprint density at radius 2 is 1.84 bits per heavy atom. The van der Waals surface area contributed by atoms with Gasteiger partial charge in [0.2, 0.25) is 0 Å². The Balaban J connectivity index is 1.58. The highest BCUT2D eigenvalue weighted by Gasteiger charge is 2.23. The maximum atomic E-state index is 12.2. The molecule has 0 unspecified atom stereocenters. The van der Waals surface area contributed by atoms with Crippen molar-refractivity contribution in [1.29, 1.82) is 0 Å². The van der Waals surface area contributed by atoms with Gasteiger partial charge in [-0.05, 0) is 61.2 Å². The molecule has 1 aliphatic rings. The van der Waals surface area contributed by atoms with Crippen LogP contribution in [0.3, 0.4) is 0 Å². The van der Waals surface area contributed by atoms with Gasteiger partial charge in [-0.3, -0.25) is 0 Å². The predicted molar refractivity (Wildman–Crippen MR) is 124 cm³/mol. The molecule has 3 aromatic rings. The van der Waals surface area contributed by atoms with Crippen LogP contribution in [0.25, 0.3) is 11.0 Å². The Morgan fingerprint density at radius 3 is 2.59 bits per heavy atom. The van der Waals surface area contributed by atoms with E-state index in [4.69, 9.17) is 13.9 Å².